The maximum absolute atomic E-state index is 12.5. The molecule has 1 aliphatic rings. The molecule has 2 aromatic heterocycles. The molecule has 3 rings (SSSR count). The van der Waals surface area contributed by atoms with Crippen LogP contribution >= 0.6 is 11.3 Å². The Hall–Kier alpha value is -1.21. The van der Waals surface area contributed by atoms with Gasteiger partial charge in [-0.3, -0.25) is 4.68 Å². The average molecular weight is 339 g/mol. The molecule has 1 aliphatic carbocycles. The number of hydrogen-bond donors (Lipinski definition) is 0. The molecule has 0 radical (unpaired) electrons. The molecule has 2 aromatic rings. The summed E-state index contributed by atoms with van der Waals surface area (Å²) in [5.74, 6) is 0.359. The van der Waals surface area contributed by atoms with Crippen molar-refractivity contribution in [3.05, 3.63) is 28.5 Å². The smallest absolute Gasteiger partial charge is 0.211 e. The van der Waals surface area contributed by atoms with Crippen LogP contribution in [-0.4, -0.2) is 23.2 Å². The zero-order chi connectivity index (χ0) is 15.7. The van der Waals surface area contributed by atoms with E-state index in [4.69, 9.17) is 0 Å². The molecular weight excluding hydrogens is 318 g/mol. The molecule has 0 spiro atoms. The summed E-state index contributed by atoms with van der Waals surface area (Å²) >= 11 is 1.25. The fraction of sp³-hybridized carbons (Fsp3) is 0.600. The highest BCUT2D eigenvalue weighted by atomic mass is 32.2. The first-order chi connectivity index (χ1) is 10.5. The van der Waals surface area contributed by atoms with Crippen molar-refractivity contribution in [1.29, 1.82) is 0 Å². The zero-order valence-electron chi connectivity index (χ0n) is 12.9. The summed E-state index contributed by atoms with van der Waals surface area (Å²) < 4.78 is 27.0. The van der Waals surface area contributed by atoms with Crippen molar-refractivity contribution in [1.82, 2.24) is 14.8 Å². The summed E-state index contributed by atoms with van der Waals surface area (Å²) in [7, 11) is -1.59. The van der Waals surface area contributed by atoms with Gasteiger partial charge in [-0.2, -0.15) is 5.10 Å². The second kappa shape index (κ2) is 6.12. The van der Waals surface area contributed by atoms with Crippen LogP contribution in [0.25, 0.3) is 0 Å². The Morgan fingerprint density at radius 3 is 2.68 bits per heavy atom. The van der Waals surface area contributed by atoms with E-state index in [9.17, 15) is 8.42 Å². The fourth-order valence-electron chi connectivity index (χ4n) is 2.96. The van der Waals surface area contributed by atoms with Crippen LogP contribution in [0.15, 0.2) is 15.8 Å². The molecular formula is C15H21N3O2S2. The Kier molecular flexibility index (Phi) is 4.36. The summed E-state index contributed by atoms with van der Waals surface area (Å²) in [6, 6.07) is 1.81. The van der Waals surface area contributed by atoms with Crippen LogP contribution in [0.2, 0.25) is 0 Å². The molecule has 0 bridgehead atoms. The second-order valence-corrected chi connectivity index (χ2v) is 9.05. The molecule has 22 heavy (non-hydrogen) atoms. The highest BCUT2D eigenvalue weighted by Crippen LogP contribution is 2.34. The Morgan fingerprint density at radius 1 is 1.32 bits per heavy atom. The Morgan fingerprint density at radius 2 is 2.05 bits per heavy atom. The van der Waals surface area contributed by atoms with E-state index < -0.39 is 9.84 Å². The maximum Gasteiger partial charge on any atom is 0.211 e. The van der Waals surface area contributed by atoms with Crippen molar-refractivity contribution in [2.75, 3.05) is 0 Å². The normalized spacial score (nSPS) is 17.0. The van der Waals surface area contributed by atoms with E-state index in [1.165, 1.54) is 30.6 Å². The first-order valence-electron chi connectivity index (χ1n) is 7.63. The number of aryl methyl sites for hydroxylation is 2. The highest BCUT2D eigenvalue weighted by Gasteiger charge is 2.24. The van der Waals surface area contributed by atoms with E-state index in [1.807, 2.05) is 25.4 Å². The molecule has 0 aliphatic heterocycles. The molecule has 0 saturated heterocycles. The third-order valence-corrected chi connectivity index (χ3v) is 7.29. The van der Waals surface area contributed by atoms with Crippen molar-refractivity contribution in [2.45, 2.75) is 55.0 Å². The van der Waals surface area contributed by atoms with Crippen LogP contribution in [0.1, 0.15) is 55.1 Å². The van der Waals surface area contributed by atoms with Crippen LogP contribution in [0.4, 0.5) is 0 Å². The standard InChI is InChI=1S/C15H21N3O2S2/c1-11-8-13(17-18(11)2)10-22(19,20)15-16-14(9-21-15)12-6-4-3-5-7-12/h8-9,12H,3-7,10H2,1-2H3. The highest BCUT2D eigenvalue weighted by molar-refractivity contribution is 7.92. The molecule has 0 atom stereocenters. The third-order valence-electron chi connectivity index (χ3n) is 4.29. The molecule has 5 nitrogen and oxygen atoms in total. The lowest BCUT2D eigenvalue weighted by Gasteiger charge is -2.19. The van der Waals surface area contributed by atoms with Crippen molar-refractivity contribution >= 4 is 21.2 Å². The Bertz CT molecular complexity index is 736. The molecule has 0 aromatic carbocycles. The van der Waals surface area contributed by atoms with Gasteiger partial charge in [0.05, 0.1) is 11.4 Å². The van der Waals surface area contributed by atoms with Gasteiger partial charge in [0.25, 0.3) is 0 Å². The Balaban J connectivity index is 1.78. The van der Waals surface area contributed by atoms with Crippen LogP contribution < -0.4 is 0 Å². The SMILES string of the molecule is Cc1cc(CS(=O)(=O)c2nc(C3CCCCC3)cs2)nn1C. The van der Waals surface area contributed by atoms with Gasteiger partial charge in [-0.15, -0.1) is 11.3 Å². The van der Waals surface area contributed by atoms with Crippen LogP contribution in [-0.2, 0) is 22.6 Å². The van der Waals surface area contributed by atoms with Crippen molar-refractivity contribution in [3.63, 3.8) is 0 Å². The molecule has 0 N–H and O–H groups in total. The van der Waals surface area contributed by atoms with Gasteiger partial charge in [-0.25, -0.2) is 13.4 Å². The molecule has 0 unspecified atom stereocenters. The zero-order valence-corrected chi connectivity index (χ0v) is 14.6. The van der Waals surface area contributed by atoms with Gasteiger partial charge in [0, 0.05) is 24.0 Å². The summed E-state index contributed by atoms with van der Waals surface area (Å²) in [5.41, 5.74) is 2.49. The summed E-state index contributed by atoms with van der Waals surface area (Å²) in [4.78, 5) is 4.43. The first-order valence-corrected chi connectivity index (χ1v) is 10.2. The molecule has 7 heteroatoms. The third kappa shape index (κ3) is 3.25. The number of aromatic nitrogens is 3. The minimum absolute atomic E-state index is 0.0771. The molecule has 1 saturated carbocycles. The number of sulfone groups is 1. The van der Waals surface area contributed by atoms with Crippen molar-refractivity contribution in [3.8, 4) is 0 Å². The lowest BCUT2D eigenvalue weighted by molar-refractivity contribution is 0.436. The second-order valence-electron chi connectivity index (χ2n) is 6.03. The summed E-state index contributed by atoms with van der Waals surface area (Å²) in [5, 5.41) is 6.16. The lowest BCUT2D eigenvalue weighted by Crippen LogP contribution is -2.08. The van der Waals surface area contributed by atoms with E-state index in [1.54, 1.807) is 4.68 Å². The van der Waals surface area contributed by atoms with E-state index in [0.717, 1.165) is 24.2 Å². The van der Waals surface area contributed by atoms with Gasteiger partial charge < -0.3 is 0 Å². The predicted octanol–water partition coefficient (Wildman–Crippen LogP) is 3.21. The van der Waals surface area contributed by atoms with Gasteiger partial charge in [0.15, 0.2) is 0 Å². The van der Waals surface area contributed by atoms with E-state index in [2.05, 4.69) is 10.1 Å². The minimum Gasteiger partial charge on any atom is -0.273 e. The number of nitrogens with zero attached hydrogens (tertiary/aromatic N) is 3. The molecule has 120 valence electrons. The minimum atomic E-state index is -3.40. The summed E-state index contributed by atoms with van der Waals surface area (Å²) in [6.45, 7) is 1.91. The maximum atomic E-state index is 12.5. The molecule has 2 heterocycles. The van der Waals surface area contributed by atoms with Crippen LogP contribution in [0.3, 0.4) is 0 Å². The van der Waals surface area contributed by atoms with Gasteiger partial charge in [0.2, 0.25) is 14.2 Å². The topological polar surface area (TPSA) is 64.8 Å². The van der Waals surface area contributed by atoms with Crippen LogP contribution in [0, 0.1) is 6.92 Å². The van der Waals surface area contributed by atoms with Crippen molar-refractivity contribution < 1.29 is 8.42 Å². The van der Waals surface area contributed by atoms with E-state index in [-0.39, 0.29) is 10.1 Å². The first kappa shape index (κ1) is 15.7. The largest absolute Gasteiger partial charge is 0.273 e. The number of thiazole rings is 1. The quantitative estimate of drug-likeness (QED) is 0.858. The average Bonchev–Trinajstić information content (AvgIpc) is 3.08. The van der Waals surface area contributed by atoms with Gasteiger partial charge in [0.1, 0.15) is 5.75 Å². The van der Waals surface area contributed by atoms with E-state index in [0.29, 0.717) is 11.6 Å². The van der Waals surface area contributed by atoms with Crippen LogP contribution in [0.5, 0.6) is 0 Å². The lowest BCUT2D eigenvalue weighted by atomic mass is 9.87. The van der Waals surface area contributed by atoms with Gasteiger partial charge in [-0.05, 0) is 25.8 Å². The summed E-state index contributed by atoms with van der Waals surface area (Å²) in [6.07, 6.45) is 5.98. The number of rotatable bonds is 4. The van der Waals surface area contributed by atoms with Gasteiger partial charge in [-0.1, -0.05) is 19.3 Å². The Labute approximate surface area is 135 Å². The molecule has 0 amide bonds. The fourth-order valence-corrected chi connectivity index (χ4v) is 5.39. The van der Waals surface area contributed by atoms with Crippen molar-refractivity contribution in [2.24, 2.45) is 7.05 Å². The number of hydrogen-bond acceptors (Lipinski definition) is 5. The molecule has 1 fully saturated rings. The van der Waals surface area contributed by atoms with E-state index >= 15 is 0 Å². The van der Waals surface area contributed by atoms with Gasteiger partial charge >= 0.3 is 0 Å². The predicted molar refractivity (Wildman–Crippen MR) is 86.8 cm³/mol. The monoisotopic (exact) mass is 339 g/mol.